The van der Waals surface area contributed by atoms with Crippen LogP contribution in [-0.2, 0) is 13.5 Å². The van der Waals surface area contributed by atoms with Crippen LogP contribution in [0.2, 0.25) is 0 Å². The first kappa shape index (κ1) is 12.7. The monoisotopic (exact) mass is 251 g/mol. The Morgan fingerprint density at radius 3 is 2.44 bits per heavy atom. The highest BCUT2D eigenvalue weighted by Crippen LogP contribution is 2.19. The number of halogens is 2. The summed E-state index contributed by atoms with van der Waals surface area (Å²) in [6.07, 6.45) is 4.12. The van der Waals surface area contributed by atoms with E-state index in [-0.39, 0.29) is 6.04 Å². The third-order valence-electron chi connectivity index (χ3n) is 2.94. The van der Waals surface area contributed by atoms with Crippen molar-refractivity contribution in [2.24, 2.45) is 7.05 Å². The summed E-state index contributed by atoms with van der Waals surface area (Å²) in [6.45, 7) is 0. The molecule has 0 aliphatic carbocycles. The number of nitrogens with zero attached hydrogens (tertiary/aromatic N) is 2. The first-order valence-electron chi connectivity index (χ1n) is 5.69. The Labute approximate surface area is 104 Å². The average molecular weight is 251 g/mol. The number of benzene rings is 1. The van der Waals surface area contributed by atoms with Gasteiger partial charge in [0.05, 0.1) is 0 Å². The summed E-state index contributed by atoms with van der Waals surface area (Å²) in [5.74, 6) is -0.269. The molecule has 1 aromatic heterocycles. The van der Waals surface area contributed by atoms with E-state index < -0.39 is 11.6 Å². The molecule has 0 radical (unpaired) electrons. The maximum atomic E-state index is 13.2. The summed E-state index contributed by atoms with van der Waals surface area (Å²) < 4.78 is 28.3. The van der Waals surface area contributed by atoms with Gasteiger partial charge in [-0.15, -0.1) is 0 Å². The molecule has 0 aliphatic rings. The topological polar surface area (TPSA) is 29.9 Å². The number of hydrogen-bond donors (Lipinski definition) is 1. The van der Waals surface area contributed by atoms with Gasteiger partial charge < -0.3 is 9.88 Å². The molecule has 0 aliphatic heterocycles. The van der Waals surface area contributed by atoms with E-state index in [0.717, 1.165) is 11.9 Å². The molecule has 96 valence electrons. The largest absolute Gasteiger partial charge is 0.338 e. The highest BCUT2D eigenvalue weighted by Gasteiger charge is 2.14. The van der Waals surface area contributed by atoms with Crippen molar-refractivity contribution in [2.75, 3.05) is 7.05 Å². The van der Waals surface area contributed by atoms with Crippen LogP contribution in [0.15, 0.2) is 30.6 Å². The lowest BCUT2D eigenvalue weighted by Gasteiger charge is -2.16. The van der Waals surface area contributed by atoms with Gasteiger partial charge in [-0.2, -0.15) is 0 Å². The Bertz CT molecular complexity index is 517. The highest BCUT2D eigenvalue weighted by atomic mass is 19.1. The average Bonchev–Trinajstić information content (AvgIpc) is 2.70. The van der Waals surface area contributed by atoms with Crippen LogP contribution in [0.3, 0.4) is 0 Å². The Kier molecular flexibility index (Phi) is 3.72. The molecule has 0 spiro atoms. The molecule has 18 heavy (non-hydrogen) atoms. The molecule has 5 heteroatoms. The van der Waals surface area contributed by atoms with Gasteiger partial charge in [0.1, 0.15) is 17.5 Å². The maximum Gasteiger partial charge on any atom is 0.126 e. The minimum absolute atomic E-state index is 0.170. The van der Waals surface area contributed by atoms with Crippen molar-refractivity contribution in [3.05, 3.63) is 53.6 Å². The zero-order chi connectivity index (χ0) is 13.1. The van der Waals surface area contributed by atoms with Crippen LogP contribution in [0.4, 0.5) is 8.78 Å². The van der Waals surface area contributed by atoms with Crippen molar-refractivity contribution in [3.8, 4) is 0 Å². The lowest BCUT2D eigenvalue weighted by atomic mass is 10.0. The molecule has 0 bridgehead atoms. The van der Waals surface area contributed by atoms with Gasteiger partial charge in [-0.25, -0.2) is 13.8 Å². The normalized spacial score (nSPS) is 12.7. The standard InChI is InChI=1S/C13H15F2N3/c1-16-12(8-13-17-3-4-18(13)2)9-5-10(14)7-11(15)6-9/h3-7,12,16H,8H2,1-2H3. The first-order valence-corrected chi connectivity index (χ1v) is 5.69. The fourth-order valence-corrected chi connectivity index (χ4v) is 1.94. The van der Waals surface area contributed by atoms with Crippen LogP contribution < -0.4 is 5.32 Å². The Hall–Kier alpha value is -1.75. The van der Waals surface area contributed by atoms with Crippen LogP contribution in [0, 0.1) is 11.6 Å². The van der Waals surface area contributed by atoms with Crippen molar-refractivity contribution in [1.29, 1.82) is 0 Å². The summed E-state index contributed by atoms with van der Waals surface area (Å²) in [4.78, 5) is 4.21. The Morgan fingerprint density at radius 2 is 1.94 bits per heavy atom. The second-order valence-electron chi connectivity index (χ2n) is 4.20. The number of hydrogen-bond acceptors (Lipinski definition) is 2. The van der Waals surface area contributed by atoms with Gasteiger partial charge in [0.15, 0.2) is 0 Å². The van der Waals surface area contributed by atoms with Gasteiger partial charge in [0.25, 0.3) is 0 Å². The predicted molar refractivity (Wildman–Crippen MR) is 65.1 cm³/mol. The fourth-order valence-electron chi connectivity index (χ4n) is 1.94. The second-order valence-corrected chi connectivity index (χ2v) is 4.20. The molecule has 3 nitrogen and oxygen atoms in total. The van der Waals surface area contributed by atoms with Gasteiger partial charge in [-0.05, 0) is 24.7 Å². The smallest absolute Gasteiger partial charge is 0.126 e. The van der Waals surface area contributed by atoms with E-state index in [1.54, 1.807) is 13.2 Å². The first-order chi connectivity index (χ1) is 8.60. The van der Waals surface area contributed by atoms with Crippen molar-refractivity contribution in [1.82, 2.24) is 14.9 Å². The van der Waals surface area contributed by atoms with Crippen LogP contribution >= 0.6 is 0 Å². The third kappa shape index (κ3) is 2.73. The number of aryl methyl sites for hydroxylation is 1. The summed E-state index contributed by atoms with van der Waals surface area (Å²) in [7, 11) is 3.65. The second kappa shape index (κ2) is 5.27. The van der Waals surface area contributed by atoms with Gasteiger partial charge in [0.2, 0.25) is 0 Å². The molecule has 1 atom stereocenters. The fraction of sp³-hybridized carbons (Fsp3) is 0.308. The van der Waals surface area contributed by atoms with E-state index in [1.165, 1.54) is 12.1 Å². The van der Waals surface area contributed by atoms with Crippen molar-refractivity contribution >= 4 is 0 Å². The summed E-state index contributed by atoms with van der Waals surface area (Å²) >= 11 is 0. The van der Waals surface area contributed by atoms with Crippen LogP contribution in [0.25, 0.3) is 0 Å². The molecule has 0 amide bonds. The zero-order valence-electron chi connectivity index (χ0n) is 10.3. The number of likely N-dealkylation sites (N-methyl/N-ethyl adjacent to an activating group) is 1. The lowest BCUT2D eigenvalue weighted by Crippen LogP contribution is -2.20. The van der Waals surface area contributed by atoms with Gasteiger partial charge in [-0.3, -0.25) is 0 Å². The number of imidazole rings is 1. The van der Waals surface area contributed by atoms with E-state index in [2.05, 4.69) is 10.3 Å². The molecule has 1 N–H and O–H groups in total. The van der Waals surface area contributed by atoms with E-state index in [0.29, 0.717) is 12.0 Å². The van der Waals surface area contributed by atoms with Gasteiger partial charge >= 0.3 is 0 Å². The zero-order valence-corrected chi connectivity index (χ0v) is 10.3. The summed E-state index contributed by atoms with van der Waals surface area (Å²) in [5, 5.41) is 3.05. The van der Waals surface area contributed by atoms with Gasteiger partial charge in [0, 0.05) is 38.0 Å². The molecule has 0 fully saturated rings. The molecule has 2 rings (SSSR count). The lowest BCUT2D eigenvalue weighted by molar-refractivity contribution is 0.538. The molecular weight excluding hydrogens is 236 g/mol. The van der Waals surface area contributed by atoms with E-state index in [4.69, 9.17) is 0 Å². The van der Waals surface area contributed by atoms with Crippen molar-refractivity contribution in [3.63, 3.8) is 0 Å². The van der Waals surface area contributed by atoms with Crippen molar-refractivity contribution in [2.45, 2.75) is 12.5 Å². The molecule has 1 unspecified atom stereocenters. The Morgan fingerprint density at radius 1 is 1.28 bits per heavy atom. The quantitative estimate of drug-likeness (QED) is 0.902. The highest BCUT2D eigenvalue weighted by molar-refractivity contribution is 5.22. The molecule has 1 aromatic carbocycles. The van der Waals surface area contributed by atoms with Crippen LogP contribution in [0.1, 0.15) is 17.4 Å². The summed E-state index contributed by atoms with van der Waals surface area (Å²) in [5.41, 5.74) is 0.581. The predicted octanol–water partition coefficient (Wildman–Crippen LogP) is 2.20. The summed E-state index contributed by atoms with van der Waals surface area (Å²) in [6, 6.07) is 3.38. The van der Waals surface area contributed by atoms with Crippen LogP contribution in [-0.4, -0.2) is 16.6 Å². The number of aromatic nitrogens is 2. The van der Waals surface area contributed by atoms with E-state index >= 15 is 0 Å². The van der Waals surface area contributed by atoms with E-state index in [9.17, 15) is 8.78 Å². The third-order valence-corrected chi connectivity index (χ3v) is 2.94. The number of rotatable bonds is 4. The van der Waals surface area contributed by atoms with Gasteiger partial charge in [-0.1, -0.05) is 0 Å². The molecule has 0 saturated heterocycles. The maximum absolute atomic E-state index is 13.2. The minimum atomic E-state index is -0.565. The molecule has 1 heterocycles. The van der Waals surface area contributed by atoms with E-state index in [1.807, 2.05) is 17.8 Å². The minimum Gasteiger partial charge on any atom is -0.338 e. The SMILES string of the molecule is CNC(Cc1nccn1C)c1cc(F)cc(F)c1. The molecule has 2 aromatic rings. The van der Waals surface area contributed by atoms with Crippen LogP contribution in [0.5, 0.6) is 0 Å². The molecular formula is C13H15F2N3. The molecule has 0 saturated carbocycles. The Balaban J connectivity index is 2.25. The van der Waals surface area contributed by atoms with Crippen molar-refractivity contribution < 1.29 is 8.78 Å². The number of nitrogens with one attached hydrogen (secondary N) is 1.